The van der Waals surface area contributed by atoms with Crippen LogP contribution >= 0.6 is 0 Å². The Bertz CT molecular complexity index is 1120. The van der Waals surface area contributed by atoms with Crippen molar-refractivity contribution in [2.45, 2.75) is 33.1 Å². The molecule has 0 radical (unpaired) electrons. The van der Waals surface area contributed by atoms with Gasteiger partial charge in [-0.15, -0.1) is 0 Å². The van der Waals surface area contributed by atoms with Gasteiger partial charge in [0.1, 0.15) is 5.75 Å². The number of esters is 1. The average Bonchev–Trinajstić information content (AvgIpc) is 3.11. The minimum Gasteiger partial charge on any atom is -0.482 e. The molecule has 1 atom stereocenters. The third kappa shape index (κ3) is 3.90. The van der Waals surface area contributed by atoms with Crippen molar-refractivity contribution in [3.05, 3.63) is 58.8 Å². The number of carbonyl (C=O) groups excluding carboxylic acids is 2. The number of aromatic nitrogens is 1. The van der Waals surface area contributed by atoms with Crippen LogP contribution in [0.4, 0.5) is 5.69 Å². The summed E-state index contributed by atoms with van der Waals surface area (Å²) in [5.74, 6) is 0.612. The van der Waals surface area contributed by atoms with Gasteiger partial charge in [0.25, 0.3) is 5.91 Å². The van der Waals surface area contributed by atoms with E-state index in [0.29, 0.717) is 22.9 Å². The van der Waals surface area contributed by atoms with Crippen LogP contribution in [0.15, 0.2) is 36.4 Å². The zero-order chi connectivity index (χ0) is 21.3. The molecule has 0 fully saturated rings. The van der Waals surface area contributed by atoms with Gasteiger partial charge in [-0.3, -0.25) is 4.79 Å². The number of aryl methyl sites for hydroxylation is 2. The number of methoxy groups -OCH3 is 1. The lowest BCUT2D eigenvalue weighted by atomic mass is 9.87. The lowest BCUT2D eigenvalue weighted by molar-refractivity contribution is -0.142. The maximum atomic E-state index is 13.1. The Morgan fingerprint density at radius 1 is 1.23 bits per heavy atom. The predicted octanol–water partition coefficient (Wildman–Crippen LogP) is 4.41. The van der Waals surface area contributed by atoms with Crippen molar-refractivity contribution >= 4 is 28.5 Å². The molecule has 156 valence electrons. The summed E-state index contributed by atoms with van der Waals surface area (Å²) in [5, 5.41) is 4.15. The van der Waals surface area contributed by atoms with Crippen LogP contribution in [-0.4, -0.2) is 30.6 Å². The number of rotatable bonds is 5. The number of carbonyl (C=O) groups is 2. The minimum absolute atomic E-state index is 0.153. The standard InChI is InChI=1S/C24H26N2O4/c1-14-7-9-21-19(11-14)17-5-4-6-18(23(17)25-21)24(28)26-20-10-8-16(12-15(20)2)30-13-22(27)29-3/h4-6,8,10,12,14,25H,7,9,11,13H2,1-3H3,(H,26,28). The van der Waals surface area contributed by atoms with Gasteiger partial charge in [0.05, 0.1) is 18.2 Å². The van der Waals surface area contributed by atoms with Crippen LogP contribution in [0.3, 0.4) is 0 Å². The summed E-state index contributed by atoms with van der Waals surface area (Å²) in [7, 11) is 1.32. The molecule has 1 heterocycles. The van der Waals surface area contributed by atoms with Gasteiger partial charge in [0, 0.05) is 16.8 Å². The van der Waals surface area contributed by atoms with E-state index < -0.39 is 5.97 Å². The van der Waals surface area contributed by atoms with E-state index in [1.165, 1.54) is 24.8 Å². The maximum absolute atomic E-state index is 13.1. The molecule has 1 amide bonds. The van der Waals surface area contributed by atoms with Crippen molar-refractivity contribution in [2.24, 2.45) is 5.92 Å². The smallest absolute Gasteiger partial charge is 0.343 e. The number of amides is 1. The first-order chi connectivity index (χ1) is 14.5. The van der Waals surface area contributed by atoms with Gasteiger partial charge < -0.3 is 19.8 Å². The van der Waals surface area contributed by atoms with E-state index in [1.54, 1.807) is 18.2 Å². The van der Waals surface area contributed by atoms with Gasteiger partial charge in [0.2, 0.25) is 0 Å². The molecule has 0 bridgehead atoms. The van der Waals surface area contributed by atoms with Gasteiger partial charge >= 0.3 is 5.97 Å². The number of fused-ring (bicyclic) bond motifs is 3. The number of ether oxygens (including phenoxy) is 2. The predicted molar refractivity (Wildman–Crippen MR) is 116 cm³/mol. The highest BCUT2D eigenvalue weighted by atomic mass is 16.6. The Hall–Kier alpha value is -3.28. The summed E-state index contributed by atoms with van der Waals surface area (Å²) in [6.45, 7) is 4.01. The first-order valence-corrected chi connectivity index (χ1v) is 10.2. The molecule has 4 rings (SSSR count). The largest absolute Gasteiger partial charge is 0.482 e. The Balaban J connectivity index is 1.56. The molecule has 0 saturated carbocycles. The SMILES string of the molecule is COC(=O)COc1ccc(NC(=O)c2cccc3c4c([nH]c23)CCC(C)C4)c(C)c1. The summed E-state index contributed by atoms with van der Waals surface area (Å²) in [4.78, 5) is 27.8. The molecule has 2 N–H and O–H groups in total. The molecule has 1 unspecified atom stereocenters. The van der Waals surface area contributed by atoms with Gasteiger partial charge in [-0.2, -0.15) is 0 Å². The summed E-state index contributed by atoms with van der Waals surface area (Å²) in [6, 6.07) is 11.2. The maximum Gasteiger partial charge on any atom is 0.343 e. The Morgan fingerprint density at radius 2 is 2.07 bits per heavy atom. The van der Waals surface area contributed by atoms with Crippen molar-refractivity contribution in [3.8, 4) is 5.75 Å². The molecule has 0 spiro atoms. The highest BCUT2D eigenvalue weighted by molar-refractivity contribution is 6.12. The number of anilines is 1. The van der Waals surface area contributed by atoms with E-state index >= 15 is 0 Å². The summed E-state index contributed by atoms with van der Waals surface area (Å²) in [5.41, 5.74) is 5.70. The Morgan fingerprint density at radius 3 is 2.83 bits per heavy atom. The zero-order valence-corrected chi connectivity index (χ0v) is 17.5. The molecule has 2 aromatic carbocycles. The molecule has 3 aromatic rings. The van der Waals surface area contributed by atoms with Crippen LogP contribution in [0.5, 0.6) is 5.75 Å². The number of para-hydroxylation sites is 1. The van der Waals surface area contributed by atoms with Crippen molar-refractivity contribution in [1.82, 2.24) is 4.98 Å². The molecule has 6 nitrogen and oxygen atoms in total. The first-order valence-electron chi connectivity index (χ1n) is 10.2. The van der Waals surface area contributed by atoms with Gasteiger partial charge in [0.15, 0.2) is 6.61 Å². The van der Waals surface area contributed by atoms with E-state index in [9.17, 15) is 9.59 Å². The summed E-state index contributed by atoms with van der Waals surface area (Å²) in [6.07, 6.45) is 3.25. The Kier molecular flexibility index (Phi) is 5.48. The lowest BCUT2D eigenvalue weighted by Crippen LogP contribution is -2.14. The molecule has 1 aromatic heterocycles. The first kappa shape index (κ1) is 20.0. The third-order valence-corrected chi connectivity index (χ3v) is 5.74. The molecule has 0 aliphatic heterocycles. The molecule has 1 aliphatic rings. The van der Waals surface area contributed by atoms with Gasteiger partial charge in [-0.25, -0.2) is 4.79 Å². The van der Waals surface area contributed by atoms with E-state index in [2.05, 4.69) is 28.0 Å². The van der Waals surface area contributed by atoms with Crippen LogP contribution < -0.4 is 10.1 Å². The number of hydrogen-bond donors (Lipinski definition) is 2. The topological polar surface area (TPSA) is 80.4 Å². The van der Waals surface area contributed by atoms with Crippen molar-refractivity contribution in [1.29, 1.82) is 0 Å². The fourth-order valence-electron chi connectivity index (χ4n) is 4.06. The number of nitrogens with one attached hydrogen (secondary N) is 2. The third-order valence-electron chi connectivity index (χ3n) is 5.74. The molecule has 1 aliphatic carbocycles. The average molecular weight is 406 g/mol. The van der Waals surface area contributed by atoms with Crippen LogP contribution in [0, 0.1) is 12.8 Å². The fourth-order valence-corrected chi connectivity index (χ4v) is 4.06. The lowest BCUT2D eigenvalue weighted by Gasteiger charge is -2.17. The minimum atomic E-state index is -0.443. The molecular formula is C24H26N2O4. The van der Waals surface area contributed by atoms with Crippen LogP contribution in [0.1, 0.15) is 40.5 Å². The fraction of sp³-hybridized carbons (Fsp3) is 0.333. The Labute approximate surface area is 175 Å². The van der Waals surface area contributed by atoms with Crippen molar-refractivity contribution in [3.63, 3.8) is 0 Å². The monoisotopic (exact) mass is 406 g/mol. The quantitative estimate of drug-likeness (QED) is 0.615. The van der Waals surface area contributed by atoms with Gasteiger partial charge in [-0.1, -0.05) is 19.1 Å². The highest BCUT2D eigenvalue weighted by Gasteiger charge is 2.22. The number of benzene rings is 2. The second kappa shape index (κ2) is 8.22. The van der Waals surface area contributed by atoms with Crippen LogP contribution in [-0.2, 0) is 22.4 Å². The highest BCUT2D eigenvalue weighted by Crippen LogP contribution is 2.33. The summed E-state index contributed by atoms with van der Waals surface area (Å²) < 4.78 is 9.98. The van der Waals surface area contributed by atoms with E-state index in [0.717, 1.165) is 29.3 Å². The number of aromatic amines is 1. The normalized spacial score (nSPS) is 15.5. The second-order valence-corrected chi connectivity index (χ2v) is 7.95. The molecule has 6 heteroatoms. The van der Waals surface area contributed by atoms with Crippen molar-refractivity contribution in [2.75, 3.05) is 19.0 Å². The van der Waals surface area contributed by atoms with Gasteiger partial charge in [-0.05, 0) is 67.5 Å². The second-order valence-electron chi connectivity index (χ2n) is 7.95. The van der Waals surface area contributed by atoms with Crippen molar-refractivity contribution < 1.29 is 19.1 Å². The zero-order valence-electron chi connectivity index (χ0n) is 17.5. The van der Waals surface area contributed by atoms with Crippen LogP contribution in [0.25, 0.3) is 10.9 Å². The van der Waals surface area contributed by atoms with E-state index in [1.807, 2.05) is 19.1 Å². The molecule has 0 saturated heterocycles. The van der Waals surface area contributed by atoms with E-state index in [-0.39, 0.29) is 12.5 Å². The number of hydrogen-bond acceptors (Lipinski definition) is 4. The van der Waals surface area contributed by atoms with Crippen LogP contribution in [0.2, 0.25) is 0 Å². The summed E-state index contributed by atoms with van der Waals surface area (Å²) >= 11 is 0. The van der Waals surface area contributed by atoms with E-state index in [4.69, 9.17) is 4.74 Å². The molecule has 30 heavy (non-hydrogen) atoms. The number of H-pyrrole nitrogens is 1. The molecular weight excluding hydrogens is 380 g/mol.